The lowest BCUT2D eigenvalue weighted by atomic mass is 9.95. The van der Waals surface area contributed by atoms with Crippen LogP contribution in [0, 0.1) is 0 Å². The van der Waals surface area contributed by atoms with Gasteiger partial charge in [-0.25, -0.2) is 0 Å². The highest BCUT2D eigenvalue weighted by Crippen LogP contribution is 2.42. The SMILES string of the molecule is CCC(=O)c1c(O)cc(O)c(C(C)=C(C)C)c1O. The molecule has 0 saturated carbocycles. The molecule has 4 heteroatoms. The first-order valence-electron chi connectivity index (χ1n) is 5.76. The Balaban J connectivity index is 3.66. The van der Waals surface area contributed by atoms with Crippen molar-refractivity contribution in [1.82, 2.24) is 0 Å². The van der Waals surface area contributed by atoms with Crippen LogP contribution >= 0.6 is 0 Å². The summed E-state index contributed by atoms with van der Waals surface area (Å²) < 4.78 is 0. The van der Waals surface area contributed by atoms with Gasteiger partial charge in [0.15, 0.2) is 5.78 Å². The zero-order chi connectivity index (χ0) is 14.0. The Labute approximate surface area is 106 Å². The molecule has 4 nitrogen and oxygen atoms in total. The Hall–Kier alpha value is -1.97. The topological polar surface area (TPSA) is 77.8 Å². The number of allylic oxidation sites excluding steroid dienone is 2. The molecule has 0 aliphatic rings. The van der Waals surface area contributed by atoms with Crippen molar-refractivity contribution in [3.8, 4) is 17.2 Å². The maximum absolute atomic E-state index is 11.7. The van der Waals surface area contributed by atoms with E-state index in [4.69, 9.17) is 0 Å². The number of rotatable bonds is 3. The number of hydrogen-bond acceptors (Lipinski definition) is 4. The normalized spacial score (nSPS) is 10.2. The third-order valence-corrected chi connectivity index (χ3v) is 2.98. The summed E-state index contributed by atoms with van der Waals surface area (Å²) in [6, 6.07) is 1.09. The molecular formula is C14H18O4. The number of carbonyl (C=O) groups is 1. The van der Waals surface area contributed by atoms with Crippen LogP contribution in [0.25, 0.3) is 5.57 Å². The fourth-order valence-electron chi connectivity index (χ4n) is 1.71. The van der Waals surface area contributed by atoms with Crippen LogP contribution in [0.5, 0.6) is 17.2 Å². The quantitative estimate of drug-likeness (QED) is 0.720. The predicted octanol–water partition coefficient (Wildman–Crippen LogP) is 3.21. The van der Waals surface area contributed by atoms with Crippen molar-refractivity contribution in [3.63, 3.8) is 0 Å². The number of ketones is 1. The Morgan fingerprint density at radius 2 is 1.56 bits per heavy atom. The number of phenolic OH excluding ortho intramolecular Hbond substituents is 3. The summed E-state index contributed by atoms with van der Waals surface area (Å²) in [5.74, 6) is -1.37. The van der Waals surface area contributed by atoms with Gasteiger partial charge in [-0.3, -0.25) is 4.79 Å². The fourth-order valence-corrected chi connectivity index (χ4v) is 1.71. The molecule has 0 heterocycles. The van der Waals surface area contributed by atoms with Gasteiger partial charge >= 0.3 is 0 Å². The standard InChI is InChI=1S/C14H18O4/c1-5-9(15)13-11(17)6-10(16)12(14(13)18)8(4)7(2)3/h6,16-18H,5H2,1-4H3. The molecule has 98 valence electrons. The molecule has 0 unspecified atom stereocenters. The van der Waals surface area contributed by atoms with Gasteiger partial charge in [-0.05, 0) is 26.3 Å². The second-order valence-electron chi connectivity index (χ2n) is 4.42. The van der Waals surface area contributed by atoms with E-state index in [0.29, 0.717) is 5.57 Å². The van der Waals surface area contributed by atoms with Crippen LogP contribution in [-0.2, 0) is 0 Å². The Morgan fingerprint density at radius 3 is 2.00 bits per heavy atom. The molecule has 0 aliphatic carbocycles. The van der Waals surface area contributed by atoms with E-state index in [2.05, 4.69) is 0 Å². The first-order chi connectivity index (χ1) is 8.31. The summed E-state index contributed by atoms with van der Waals surface area (Å²) in [7, 11) is 0. The average molecular weight is 250 g/mol. The van der Waals surface area contributed by atoms with Crippen LogP contribution in [0.3, 0.4) is 0 Å². The van der Waals surface area contributed by atoms with E-state index in [1.54, 1.807) is 13.8 Å². The van der Waals surface area contributed by atoms with Crippen LogP contribution < -0.4 is 0 Å². The Morgan fingerprint density at radius 1 is 1.06 bits per heavy atom. The van der Waals surface area contributed by atoms with Gasteiger partial charge in [0.05, 0.1) is 5.56 Å². The zero-order valence-electron chi connectivity index (χ0n) is 11.0. The summed E-state index contributed by atoms with van der Waals surface area (Å²) in [5.41, 5.74) is 1.65. The number of benzene rings is 1. The predicted molar refractivity (Wildman–Crippen MR) is 70.0 cm³/mol. The molecule has 0 amide bonds. The monoisotopic (exact) mass is 250 g/mol. The maximum atomic E-state index is 11.7. The van der Waals surface area contributed by atoms with Gasteiger partial charge in [-0.2, -0.15) is 0 Å². The number of carbonyl (C=O) groups excluding carboxylic acids is 1. The van der Waals surface area contributed by atoms with Gasteiger partial charge in [0.2, 0.25) is 0 Å². The van der Waals surface area contributed by atoms with E-state index < -0.39 is 5.75 Å². The lowest BCUT2D eigenvalue weighted by molar-refractivity contribution is 0.0983. The van der Waals surface area contributed by atoms with Crippen molar-refractivity contribution in [2.45, 2.75) is 34.1 Å². The largest absolute Gasteiger partial charge is 0.507 e. The molecule has 0 radical (unpaired) electrons. The van der Waals surface area contributed by atoms with Crippen molar-refractivity contribution in [1.29, 1.82) is 0 Å². The van der Waals surface area contributed by atoms with Gasteiger partial charge in [0.25, 0.3) is 0 Å². The minimum atomic E-state index is -0.401. The molecule has 0 aromatic heterocycles. The van der Waals surface area contributed by atoms with Crippen molar-refractivity contribution in [2.24, 2.45) is 0 Å². The molecule has 1 aromatic rings. The summed E-state index contributed by atoms with van der Waals surface area (Å²) in [4.78, 5) is 11.7. The number of hydrogen-bond donors (Lipinski definition) is 3. The highest BCUT2D eigenvalue weighted by molar-refractivity contribution is 6.03. The molecule has 0 spiro atoms. The van der Waals surface area contributed by atoms with Crippen LogP contribution in [0.15, 0.2) is 11.6 Å². The maximum Gasteiger partial charge on any atom is 0.170 e. The first-order valence-corrected chi connectivity index (χ1v) is 5.76. The summed E-state index contributed by atoms with van der Waals surface area (Å²) in [6.45, 7) is 7.05. The molecule has 18 heavy (non-hydrogen) atoms. The minimum absolute atomic E-state index is 0.133. The van der Waals surface area contributed by atoms with Crippen LogP contribution in [0.1, 0.15) is 50.0 Å². The molecule has 0 bridgehead atoms. The molecular weight excluding hydrogens is 232 g/mol. The molecule has 0 saturated heterocycles. The van der Waals surface area contributed by atoms with Crippen LogP contribution in [0.2, 0.25) is 0 Å². The molecule has 3 N–H and O–H groups in total. The molecule has 0 aliphatic heterocycles. The van der Waals surface area contributed by atoms with Crippen molar-refractivity contribution in [2.75, 3.05) is 0 Å². The highest BCUT2D eigenvalue weighted by Gasteiger charge is 2.22. The van der Waals surface area contributed by atoms with Crippen molar-refractivity contribution < 1.29 is 20.1 Å². The van der Waals surface area contributed by atoms with Crippen LogP contribution in [0.4, 0.5) is 0 Å². The summed E-state index contributed by atoms with van der Waals surface area (Å²) >= 11 is 0. The smallest absolute Gasteiger partial charge is 0.170 e. The summed E-state index contributed by atoms with van der Waals surface area (Å²) in [5, 5.41) is 29.6. The Bertz CT molecular complexity index is 523. The second-order valence-corrected chi connectivity index (χ2v) is 4.42. The molecule has 1 aromatic carbocycles. The number of phenols is 3. The van der Waals surface area contributed by atoms with E-state index in [9.17, 15) is 20.1 Å². The van der Waals surface area contributed by atoms with Gasteiger partial charge in [0.1, 0.15) is 22.8 Å². The van der Waals surface area contributed by atoms with Crippen molar-refractivity contribution in [3.05, 3.63) is 22.8 Å². The van der Waals surface area contributed by atoms with E-state index in [0.717, 1.165) is 11.6 Å². The lowest BCUT2D eigenvalue weighted by Gasteiger charge is -2.14. The minimum Gasteiger partial charge on any atom is -0.507 e. The van der Waals surface area contributed by atoms with E-state index in [-0.39, 0.29) is 34.8 Å². The third-order valence-electron chi connectivity index (χ3n) is 2.98. The van der Waals surface area contributed by atoms with E-state index in [1.807, 2.05) is 13.8 Å². The summed E-state index contributed by atoms with van der Waals surface area (Å²) in [6.07, 6.45) is 0.166. The number of Topliss-reactive ketones (excluding diaryl/α,β-unsaturated/α-hetero) is 1. The molecule has 1 rings (SSSR count). The molecule has 0 fully saturated rings. The van der Waals surface area contributed by atoms with Crippen molar-refractivity contribution >= 4 is 11.4 Å². The number of aromatic hydroxyl groups is 3. The average Bonchev–Trinajstić information content (AvgIpc) is 2.27. The lowest BCUT2D eigenvalue weighted by Crippen LogP contribution is -2.00. The zero-order valence-corrected chi connectivity index (χ0v) is 11.0. The Kier molecular flexibility index (Phi) is 4.01. The van der Waals surface area contributed by atoms with Crippen LogP contribution in [-0.4, -0.2) is 21.1 Å². The first kappa shape index (κ1) is 14.1. The van der Waals surface area contributed by atoms with E-state index in [1.165, 1.54) is 0 Å². The van der Waals surface area contributed by atoms with Gasteiger partial charge in [-0.1, -0.05) is 12.5 Å². The fraction of sp³-hybridized carbons (Fsp3) is 0.357. The van der Waals surface area contributed by atoms with Gasteiger partial charge in [0, 0.05) is 12.5 Å². The van der Waals surface area contributed by atoms with E-state index >= 15 is 0 Å². The second kappa shape index (κ2) is 5.12. The molecule has 0 atom stereocenters. The van der Waals surface area contributed by atoms with Gasteiger partial charge < -0.3 is 15.3 Å². The third kappa shape index (κ3) is 2.32. The highest BCUT2D eigenvalue weighted by atomic mass is 16.3. The van der Waals surface area contributed by atoms with Gasteiger partial charge in [-0.15, -0.1) is 0 Å².